The van der Waals surface area contributed by atoms with Gasteiger partial charge in [-0.15, -0.1) is 0 Å². The van der Waals surface area contributed by atoms with Crippen molar-refractivity contribution in [2.75, 3.05) is 11.1 Å². The fourth-order valence-electron chi connectivity index (χ4n) is 2.17. The Bertz CT molecular complexity index is 389. The second-order valence-corrected chi connectivity index (χ2v) is 5.13. The molecule has 2 aliphatic rings. The minimum atomic E-state index is 0.252. The second-order valence-electron chi connectivity index (χ2n) is 4.79. The number of rotatable bonds is 4. The molecule has 4 nitrogen and oxygen atoms in total. The van der Waals surface area contributed by atoms with E-state index >= 15 is 0 Å². The molecule has 0 aliphatic heterocycles. The van der Waals surface area contributed by atoms with Crippen LogP contribution in [0, 0.1) is 11.8 Å². The Morgan fingerprint density at radius 1 is 1.31 bits per heavy atom. The first-order valence-corrected chi connectivity index (χ1v) is 6.16. The van der Waals surface area contributed by atoms with Gasteiger partial charge in [-0.3, -0.25) is 0 Å². The van der Waals surface area contributed by atoms with Crippen LogP contribution in [0.15, 0.2) is 6.20 Å². The largest absolute Gasteiger partial charge is 0.394 e. The summed E-state index contributed by atoms with van der Waals surface area (Å²) in [5, 5.41) is 3.70. The lowest BCUT2D eigenvalue weighted by Gasteiger charge is -2.19. The minimum absolute atomic E-state index is 0.252. The summed E-state index contributed by atoms with van der Waals surface area (Å²) in [7, 11) is 0. The van der Waals surface area contributed by atoms with Crippen molar-refractivity contribution in [1.82, 2.24) is 9.97 Å². The molecule has 0 spiro atoms. The lowest BCUT2D eigenvalue weighted by Crippen LogP contribution is -2.25. The van der Waals surface area contributed by atoms with Crippen LogP contribution in [0.5, 0.6) is 0 Å². The average Bonchev–Trinajstić information content (AvgIpc) is 3.13. The zero-order valence-electron chi connectivity index (χ0n) is 8.99. The van der Waals surface area contributed by atoms with Crippen molar-refractivity contribution < 1.29 is 0 Å². The second kappa shape index (κ2) is 3.77. The molecule has 3 rings (SSSR count). The first-order valence-electron chi connectivity index (χ1n) is 5.78. The Hall–Kier alpha value is -1.03. The molecule has 0 unspecified atom stereocenters. The van der Waals surface area contributed by atoms with E-state index in [0.29, 0.717) is 17.5 Å². The van der Waals surface area contributed by atoms with E-state index in [1.165, 1.54) is 25.7 Å². The van der Waals surface area contributed by atoms with Crippen molar-refractivity contribution in [3.05, 3.63) is 11.5 Å². The average molecular weight is 239 g/mol. The summed E-state index contributed by atoms with van der Waals surface area (Å²) in [4.78, 5) is 8.01. The molecular weight excluding hydrogens is 224 g/mol. The Kier molecular flexibility index (Phi) is 2.39. The molecular formula is C11H15ClN4. The Morgan fingerprint density at radius 2 is 1.94 bits per heavy atom. The lowest BCUT2D eigenvalue weighted by molar-refractivity contribution is 0.566. The van der Waals surface area contributed by atoms with Gasteiger partial charge in [-0.25, -0.2) is 4.98 Å². The maximum absolute atomic E-state index is 5.83. The number of hydrogen-bond acceptors (Lipinski definition) is 4. The van der Waals surface area contributed by atoms with E-state index in [-0.39, 0.29) is 5.28 Å². The molecule has 2 fully saturated rings. The van der Waals surface area contributed by atoms with Crippen LogP contribution in [0.1, 0.15) is 25.7 Å². The molecule has 0 saturated heterocycles. The molecule has 0 aromatic carbocycles. The normalized spacial score (nSPS) is 20.1. The number of aromatic nitrogens is 2. The van der Waals surface area contributed by atoms with E-state index < -0.39 is 0 Å². The van der Waals surface area contributed by atoms with Crippen molar-refractivity contribution in [3.63, 3.8) is 0 Å². The number of nitrogens with one attached hydrogen (secondary N) is 1. The minimum Gasteiger partial charge on any atom is -0.394 e. The molecule has 0 atom stereocenters. The van der Waals surface area contributed by atoms with E-state index in [0.717, 1.165) is 11.8 Å². The van der Waals surface area contributed by atoms with E-state index in [4.69, 9.17) is 17.3 Å². The van der Waals surface area contributed by atoms with Gasteiger partial charge in [0, 0.05) is 6.04 Å². The smallest absolute Gasteiger partial charge is 0.224 e. The summed E-state index contributed by atoms with van der Waals surface area (Å²) < 4.78 is 0. The highest BCUT2D eigenvalue weighted by Gasteiger charge is 2.41. The molecule has 0 bridgehead atoms. The van der Waals surface area contributed by atoms with Crippen LogP contribution in [-0.4, -0.2) is 16.0 Å². The molecule has 3 N–H and O–H groups in total. The van der Waals surface area contributed by atoms with Crippen molar-refractivity contribution in [2.45, 2.75) is 31.7 Å². The van der Waals surface area contributed by atoms with Crippen LogP contribution >= 0.6 is 11.6 Å². The third-order valence-electron chi connectivity index (χ3n) is 3.35. The van der Waals surface area contributed by atoms with Crippen LogP contribution < -0.4 is 11.1 Å². The molecule has 5 heteroatoms. The van der Waals surface area contributed by atoms with Crippen LogP contribution in [0.25, 0.3) is 0 Å². The van der Waals surface area contributed by atoms with Gasteiger partial charge in [-0.1, -0.05) is 0 Å². The van der Waals surface area contributed by atoms with Crippen LogP contribution in [0.2, 0.25) is 5.28 Å². The van der Waals surface area contributed by atoms with Crippen molar-refractivity contribution >= 4 is 23.1 Å². The molecule has 16 heavy (non-hydrogen) atoms. The van der Waals surface area contributed by atoms with Crippen LogP contribution in [0.4, 0.5) is 11.5 Å². The van der Waals surface area contributed by atoms with Crippen molar-refractivity contribution in [2.24, 2.45) is 11.8 Å². The Balaban J connectivity index is 1.78. The molecule has 2 aliphatic carbocycles. The van der Waals surface area contributed by atoms with Gasteiger partial charge in [0.2, 0.25) is 5.28 Å². The predicted octanol–water partition coefficient (Wildman–Crippen LogP) is 2.31. The number of hydrogen-bond donors (Lipinski definition) is 2. The fourth-order valence-corrected chi connectivity index (χ4v) is 2.31. The first kappa shape index (κ1) is 10.1. The maximum Gasteiger partial charge on any atom is 0.224 e. The topological polar surface area (TPSA) is 63.8 Å². The molecule has 0 amide bonds. The SMILES string of the molecule is Nc1cnc(Cl)nc1NC(C1CC1)C1CC1. The third kappa shape index (κ3) is 2.07. The van der Waals surface area contributed by atoms with E-state index in [2.05, 4.69) is 15.3 Å². The van der Waals surface area contributed by atoms with Gasteiger partial charge in [-0.05, 0) is 49.1 Å². The van der Waals surface area contributed by atoms with Gasteiger partial charge in [0.05, 0.1) is 11.9 Å². The standard InChI is InChI=1S/C11H15ClN4/c12-11-14-5-8(13)10(16-11)15-9(6-1-2-6)7-3-4-7/h5-7,9H,1-4,13H2,(H,14,15,16). The van der Waals surface area contributed by atoms with Crippen LogP contribution in [0.3, 0.4) is 0 Å². The van der Waals surface area contributed by atoms with E-state index in [9.17, 15) is 0 Å². The first-order chi connectivity index (χ1) is 7.74. The molecule has 0 radical (unpaired) electrons. The number of anilines is 2. The Labute approximate surface area is 99.6 Å². The number of nitrogen functional groups attached to an aromatic ring is 1. The van der Waals surface area contributed by atoms with Gasteiger partial charge in [0.15, 0.2) is 5.82 Å². The number of nitrogens with zero attached hydrogens (tertiary/aromatic N) is 2. The monoisotopic (exact) mass is 238 g/mol. The molecule has 1 aromatic heterocycles. The highest BCUT2D eigenvalue weighted by molar-refractivity contribution is 6.28. The highest BCUT2D eigenvalue weighted by Crippen LogP contribution is 2.46. The van der Waals surface area contributed by atoms with Crippen LogP contribution in [-0.2, 0) is 0 Å². The zero-order valence-corrected chi connectivity index (χ0v) is 9.74. The van der Waals surface area contributed by atoms with Gasteiger partial charge < -0.3 is 11.1 Å². The van der Waals surface area contributed by atoms with Gasteiger partial charge in [0.25, 0.3) is 0 Å². The quantitative estimate of drug-likeness (QED) is 0.791. The van der Waals surface area contributed by atoms with Gasteiger partial charge in [0.1, 0.15) is 0 Å². The fraction of sp³-hybridized carbons (Fsp3) is 0.636. The number of halogens is 1. The maximum atomic E-state index is 5.83. The molecule has 2 saturated carbocycles. The third-order valence-corrected chi connectivity index (χ3v) is 3.53. The Morgan fingerprint density at radius 3 is 2.50 bits per heavy atom. The zero-order chi connectivity index (χ0) is 11.1. The van der Waals surface area contributed by atoms with Crippen molar-refractivity contribution in [1.29, 1.82) is 0 Å². The summed E-state index contributed by atoms with van der Waals surface area (Å²) in [6.45, 7) is 0. The molecule has 1 aromatic rings. The molecule has 1 heterocycles. The predicted molar refractivity (Wildman–Crippen MR) is 64.3 cm³/mol. The summed E-state index contributed by atoms with van der Waals surface area (Å²) in [5.74, 6) is 2.31. The summed E-state index contributed by atoms with van der Waals surface area (Å²) in [6, 6.07) is 0.535. The number of nitrogens with two attached hydrogens (primary N) is 1. The van der Waals surface area contributed by atoms with E-state index in [1.807, 2.05) is 0 Å². The highest BCUT2D eigenvalue weighted by atomic mass is 35.5. The molecule has 86 valence electrons. The van der Waals surface area contributed by atoms with Crippen molar-refractivity contribution in [3.8, 4) is 0 Å². The van der Waals surface area contributed by atoms with E-state index in [1.54, 1.807) is 6.20 Å². The summed E-state index contributed by atoms with van der Waals surface area (Å²) in [5.41, 5.74) is 6.41. The van der Waals surface area contributed by atoms with Gasteiger partial charge in [-0.2, -0.15) is 4.98 Å². The lowest BCUT2D eigenvalue weighted by atomic mass is 10.1. The summed E-state index contributed by atoms with van der Waals surface area (Å²) >= 11 is 5.77. The summed E-state index contributed by atoms with van der Waals surface area (Å²) in [6.07, 6.45) is 6.87. The van der Waals surface area contributed by atoms with Gasteiger partial charge >= 0.3 is 0 Å².